The van der Waals surface area contributed by atoms with Gasteiger partial charge in [-0.25, -0.2) is 13.2 Å². The van der Waals surface area contributed by atoms with Gasteiger partial charge in [-0.1, -0.05) is 26.2 Å². The van der Waals surface area contributed by atoms with Gasteiger partial charge in [0.15, 0.2) is 17.5 Å². The molecule has 3 aliphatic carbocycles. The monoisotopic (exact) mass is 336 g/mol. The Morgan fingerprint density at radius 3 is 2.00 bits per heavy atom. The highest BCUT2D eigenvalue weighted by atomic mass is 19.2. The molecule has 3 saturated carbocycles. The van der Waals surface area contributed by atoms with Crippen LogP contribution in [0.2, 0.25) is 0 Å². The summed E-state index contributed by atoms with van der Waals surface area (Å²) in [6, 6.07) is 2.39. The van der Waals surface area contributed by atoms with Gasteiger partial charge in [0.2, 0.25) is 0 Å². The lowest BCUT2D eigenvalue weighted by Crippen LogP contribution is -2.49. The van der Waals surface area contributed by atoms with E-state index in [2.05, 4.69) is 6.92 Å². The Kier molecular flexibility index (Phi) is 4.17. The molecule has 0 bridgehead atoms. The molecule has 4 rings (SSSR count). The van der Waals surface area contributed by atoms with Gasteiger partial charge in [0.25, 0.3) is 0 Å². The first kappa shape index (κ1) is 16.5. The van der Waals surface area contributed by atoms with Crippen LogP contribution in [0.25, 0.3) is 0 Å². The van der Waals surface area contributed by atoms with E-state index in [1.165, 1.54) is 57.1 Å². The second kappa shape index (κ2) is 6.07. The second-order valence-electron chi connectivity index (χ2n) is 8.76. The Bertz CT molecular complexity index is 579. The number of rotatable bonds is 3. The van der Waals surface area contributed by atoms with Crippen molar-refractivity contribution >= 4 is 0 Å². The lowest BCUT2D eigenvalue weighted by atomic mass is 9.45. The molecule has 0 atom stereocenters. The van der Waals surface area contributed by atoms with Crippen molar-refractivity contribution in [1.82, 2.24) is 0 Å². The minimum absolute atomic E-state index is 0.214. The van der Waals surface area contributed by atoms with Crippen molar-refractivity contribution in [2.24, 2.45) is 23.2 Å². The average molecular weight is 336 g/mol. The molecule has 0 heterocycles. The van der Waals surface area contributed by atoms with Gasteiger partial charge < -0.3 is 0 Å². The van der Waals surface area contributed by atoms with Crippen LogP contribution in [-0.2, 0) is 0 Å². The van der Waals surface area contributed by atoms with Gasteiger partial charge in [-0.2, -0.15) is 0 Å². The molecule has 0 nitrogen and oxygen atoms in total. The lowest BCUT2D eigenvalue weighted by Gasteiger charge is -2.60. The molecule has 0 aliphatic heterocycles. The summed E-state index contributed by atoms with van der Waals surface area (Å²) < 4.78 is 39.9. The maximum Gasteiger partial charge on any atom is 0.194 e. The summed E-state index contributed by atoms with van der Waals surface area (Å²) >= 11 is 0. The van der Waals surface area contributed by atoms with Crippen molar-refractivity contribution in [3.05, 3.63) is 35.1 Å². The molecule has 0 N–H and O–H groups in total. The first-order chi connectivity index (χ1) is 11.5. The minimum Gasteiger partial charge on any atom is -0.204 e. The van der Waals surface area contributed by atoms with Crippen molar-refractivity contribution in [3.63, 3.8) is 0 Å². The molecule has 3 aliphatic rings. The summed E-state index contributed by atoms with van der Waals surface area (Å²) in [6.45, 7) is 2.30. The molecule has 1 aromatic carbocycles. The molecule has 1 aromatic rings. The maximum atomic E-state index is 13.4. The average Bonchev–Trinajstić information content (AvgIpc) is 2.50. The van der Waals surface area contributed by atoms with Crippen LogP contribution in [-0.4, -0.2) is 0 Å². The second-order valence-corrected chi connectivity index (χ2v) is 8.76. The zero-order valence-corrected chi connectivity index (χ0v) is 14.5. The van der Waals surface area contributed by atoms with Crippen molar-refractivity contribution in [2.75, 3.05) is 0 Å². The van der Waals surface area contributed by atoms with Crippen LogP contribution in [0, 0.1) is 40.6 Å². The van der Waals surface area contributed by atoms with Gasteiger partial charge in [0, 0.05) is 0 Å². The summed E-state index contributed by atoms with van der Waals surface area (Å²) in [5.74, 6) is -0.490. The van der Waals surface area contributed by atoms with Crippen LogP contribution in [0.1, 0.15) is 76.2 Å². The first-order valence-corrected chi connectivity index (χ1v) is 9.64. The summed E-state index contributed by atoms with van der Waals surface area (Å²) in [7, 11) is 0. The zero-order chi connectivity index (χ0) is 16.9. The molecular formula is C21H27F3. The normalized spacial score (nSPS) is 38.7. The van der Waals surface area contributed by atoms with Crippen molar-refractivity contribution in [2.45, 2.75) is 70.6 Å². The highest BCUT2D eigenvalue weighted by molar-refractivity contribution is 5.27. The number of benzene rings is 1. The third-order valence-electron chi connectivity index (χ3n) is 7.36. The van der Waals surface area contributed by atoms with E-state index in [-0.39, 0.29) is 5.92 Å². The van der Waals surface area contributed by atoms with Gasteiger partial charge in [-0.3, -0.25) is 0 Å². The van der Waals surface area contributed by atoms with E-state index in [9.17, 15) is 13.2 Å². The van der Waals surface area contributed by atoms with Gasteiger partial charge >= 0.3 is 0 Å². The Hall–Kier alpha value is -0.990. The first-order valence-electron chi connectivity index (χ1n) is 9.64. The highest BCUT2D eigenvalue weighted by Crippen LogP contribution is 2.66. The third kappa shape index (κ3) is 2.78. The predicted octanol–water partition coefficient (Wildman–Crippen LogP) is 6.59. The Morgan fingerprint density at radius 2 is 1.46 bits per heavy atom. The minimum atomic E-state index is -1.35. The van der Waals surface area contributed by atoms with Crippen LogP contribution in [0.3, 0.4) is 0 Å². The molecule has 0 radical (unpaired) electrons. The van der Waals surface area contributed by atoms with Crippen molar-refractivity contribution in [3.8, 4) is 0 Å². The maximum absolute atomic E-state index is 13.4. The van der Waals surface area contributed by atoms with Crippen LogP contribution >= 0.6 is 0 Å². The van der Waals surface area contributed by atoms with E-state index in [0.29, 0.717) is 11.0 Å². The summed E-state index contributed by atoms with van der Waals surface area (Å²) in [6.07, 6.45) is 11.6. The number of halogens is 3. The molecule has 0 amide bonds. The SMILES string of the molecule is CC[C@H]1CC[C@H](C2CC3(CC(c4cc(F)c(F)c(F)c4)C3)C2)CC1. The molecule has 3 fully saturated rings. The largest absolute Gasteiger partial charge is 0.204 e. The van der Waals surface area contributed by atoms with E-state index in [1.807, 2.05) is 0 Å². The van der Waals surface area contributed by atoms with Crippen LogP contribution in [0.5, 0.6) is 0 Å². The van der Waals surface area contributed by atoms with Gasteiger partial charge in [0.1, 0.15) is 0 Å². The van der Waals surface area contributed by atoms with Crippen LogP contribution in [0.15, 0.2) is 12.1 Å². The standard InChI is InChI=1S/C21H27F3/c1-2-13-3-5-14(6-4-13)16-9-21(10-16)11-17(12-21)15-7-18(22)20(24)19(23)8-15/h7-8,13-14,16-17H,2-6,9-12H2,1H3/t13-,14-,16?,17?,21?. The van der Waals surface area contributed by atoms with Crippen molar-refractivity contribution in [1.29, 1.82) is 0 Å². The van der Waals surface area contributed by atoms with E-state index < -0.39 is 17.5 Å². The van der Waals surface area contributed by atoms with E-state index in [1.54, 1.807) is 0 Å². The molecule has 132 valence electrons. The molecule has 0 saturated heterocycles. The van der Waals surface area contributed by atoms with E-state index >= 15 is 0 Å². The highest BCUT2D eigenvalue weighted by Gasteiger charge is 2.54. The summed E-state index contributed by atoms with van der Waals surface area (Å²) in [5.41, 5.74) is 1.07. The molecular weight excluding hydrogens is 309 g/mol. The van der Waals surface area contributed by atoms with Gasteiger partial charge in [0.05, 0.1) is 0 Å². The van der Waals surface area contributed by atoms with Crippen LogP contribution in [0.4, 0.5) is 13.2 Å². The molecule has 3 heteroatoms. The molecule has 24 heavy (non-hydrogen) atoms. The topological polar surface area (TPSA) is 0 Å². The van der Waals surface area contributed by atoms with E-state index in [4.69, 9.17) is 0 Å². The number of hydrogen-bond acceptors (Lipinski definition) is 0. The number of hydrogen-bond donors (Lipinski definition) is 0. The van der Waals surface area contributed by atoms with Crippen molar-refractivity contribution < 1.29 is 13.2 Å². The fourth-order valence-corrected chi connectivity index (χ4v) is 5.82. The lowest BCUT2D eigenvalue weighted by molar-refractivity contribution is -0.0726. The van der Waals surface area contributed by atoms with E-state index in [0.717, 1.165) is 30.6 Å². The Balaban J connectivity index is 1.30. The Morgan fingerprint density at radius 1 is 0.875 bits per heavy atom. The quantitative estimate of drug-likeness (QED) is 0.546. The molecule has 0 aromatic heterocycles. The molecule has 1 spiro atoms. The fourth-order valence-electron chi connectivity index (χ4n) is 5.82. The fraction of sp³-hybridized carbons (Fsp3) is 0.714. The summed E-state index contributed by atoms with van der Waals surface area (Å²) in [4.78, 5) is 0. The smallest absolute Gasteiger partial charge is 0.194 e. The predicted molar refractivity (Wildman–Crippen MR) is 89.2 cm³/mol. The zero-order valence-electron chi connectivity index (χ0n) is 14.5. The third-order valence-corrected chi connectivity index (χ3v) is 7.36. The van der Waals surface area contributed by atoms with Gasteiger partial charge in [-0.15, -0.1) is 0 Å². The van der Waals surface area contributed by atoms with Crippen LogP contribution < -0.4 is 0 Å². The molecule has 0 unspecified atom stereocenters. The van der Waals surface area contributed by atoms with Gasteiger partial charge in [-0.05, 0) is 85.3 Å². The summed E-state index contributed by atoms with van der Waals surface area (Å²) in [5, 5.41) is 0. The Labute approximate surface area is 142 Å².